The van der Waals surface area contributed by atoms with Crippen LogP contribution in [0.5, 0.6) is 5.75 Å². The maximum atomic E-state index is 5.86. The molecule has 2 aromatic heterocycles. The molecule has 0 atom stereocenters. The summed E-state index contributed by atoms with van der Waals surface area (Å²) in [5.41, 5.74) is 0.795. The van der Waals surface area contributed by atoms with E-state index >= 15 is 0 Å². The van der Waals surface area contributed by atoms with Crippen LogP contribution < -0.4 is 4.74 Å². The Balaban J connectivity index is 2.23. The Morgan fingerprint density at radius 2 is 2.21 bits per heavy atom. The van der Waals surface area contributed by atoms with E-state index in [2.05, 4.69) is 38.0 Å². The summed E-state index contributed by atoms with van der Waals surface area (Å²) in [4.78, 5) is 9.23. The van der Waals surface area contributed by atoms with Gasteiger partial charge in [-0.25, -0.2) is 9.97 Å². The Morgan fingerprint density at radius 1 is 1.37 bits per heavy atom. The Kier molecular flexibility index (Phi) is 3.43. The summed E-state index contributed by atoms with van der Waals surface area (Å²) in [6, 6.07) is 8.05. The van der Waals surface area contributed by atoms with Crippen LogP contribution in [-0.4, -0.2) is 17.1 Å². The molecular weight excluding hydrogens is 348 g/mol. The molecule has 96 valence electrons. The quantitative estimate of drug-likeness (QED) is 0.620. The number of thiophene rings is 1. The average molecular weight is 356 g/mol. The molecular formula is C13H8BrClN2OS. The van der Waals surface area contributed by atoms with Crippen molar-refractivity contribution in [3.63, 3.8) is 0 Å². The highest BCUT2D eigenvalue weighted by molar-refractivity contribution is 9.10. The van der Waals surface area contributed by atoms with Gasteiger partial charge in [-0.2, -0.15) is 0 Å². The van der Waals surface area contributed by atoms with Gasteiger partial charge < -0.3 is 4.74 Å². The Labute approximate surface area is 127 Å². The molecule has 0 radical (unpaired) electrons. The lowest BCUT2D eigenvalue weighted by molar-refractivity contribution is 0.420. The largest absolute Gasteiger partial charge is 0.495 e. The minimum atomic E-state index is 0.239. The van der Waals surface area contributed by atoms with Gasteiger partial charge >= 0.3 is 0 Å². The lowest BCUT2D eigenvalue weighted by atomic mass is 10.2. The molecule has 0 amide bonds. The van der Waals surface area contributed by atoms with Crippen LogP contribution in [-0.2, 0) is 0 Å². The van der Waals surface area contributed by atoms with E-state index in [1.807, 2.05) is 12.1 Å². The second-order valence-corrected chi connectivity index (χ2v) is 6.07. The number of nitrogens with zero attached hydrogens (tertiary/aromatic N) is 2. The van der Waals surface area contributed by atoms with Crippen molar-refractivity contribution in [3.8, 4) is 16.3 Å². The van der Waals surface area contributed by atoms with Crippen molar-refractivity contribution in [2.45, 2.75) is 0 Å². The summed E-state index contributed by atoms with van der Waals surface area (Å²) in [6.07, 6.45) is 1.66. The van der Waals surface area contributed by atoms with Crippen molar-refractivity contribution >= 4 is 49.0 Å². The highest BCUT2D eigenvalue weighted by atomic mass is 79.9. The van der Waals surface area contributed by atoms with Gasteiger partial charge in [0, 0.05) is 6.20 Å². The van der Waals surface area contributed by atoms with Crippen LogP contribution in [0.15, 0.2) is 34.9 Å². The molecule has 0 saturated heterocycles. The summed E-state index contributed by atoms with van der Waals surface area (Å²) in [5.74, 6) is 0.866. The number of fused-ring (bicyclic) bond motifs is 1. The van der Waals surface area contributed by atoms with E-state index in [0.717, 1.165) is 30.9 Å². The van der Waals surface area contributed by atoms with E-state index in [1.54, 1.807) is 24.6 Å². The first-order chi connectivity index (χ1) is 9.19. The number of halogens is 2. The van der Waals surface area contributed by atoms with Crippen LogP contribution in [0.2, 0.25) is 5.28 Å². The zero-order valence-corrected chi connectivity index (χ0v) is 13.0. The number of hydrogen-bond donors (Lipinski definition) is 0. The van der Waals surface area contributed by atoms with Crippen molar-refractivity contribution < 1.29 is 4.74 Å². The summed E-state index contributed by atoms with van der Waals surface area (Å²) < 4.78 is 7.29. The molecule has 0 unspecified atom stereocenters. The number of hydrogen-bond acceptors (Lipinski definition) is 4. The van der Waals surface area contributed by atoms with Crippen molar-refractivity contribution in [1.29, 1.82) is 0 Å². The molecule has 3 nitrogen and oxygen atoms in total. The zero-order valence-electron chi connectivity index (χ0n) is 9.85. The first-order valence-electron chi connectivity index (χ1n) is 5.44. The van der Waals surface area contributed by atoms with Gasteiger partial charge in [0.15, 0.2) is 0 Å². The van der Waals surface area contributed by atoms with Crippen molar-refractivity contribution in [2.24, 2.45) is 0 Å². The number of benzene rings is 1. The maximum Gasteiger partial charge on any atom is 0.222 e. The minimum Gasteiger partial charge on any atom is -0.495 e. The fourth-order valence-corrected chi connectivity index (χ4v) is 3.66. The van der Waals surface area contributed by atoms with Gasteiger partial charge in [0.25, 0.3) is 0 Å². The van der Waals surface area contributed by atoms with Gasteiger partial charge in [-0.3, -0.25) is 0 Å². The monoisotopic (exact) mass is 354 g/mol. The smallest absolute Gasteiger partial charge is 0.222 e. The molecule has 2 heterocycles. The Hall–Kier alpha value is -1.17. The lowest BCUT2D eigenvalue weighted by Crippen LogP contribution is -1.86. The topological polar surface area (TPSA) is 35.0 Å². The van der Waals surface area contributed by atoms with Crippen LogP contribution in [0.1, 0.15) is 0 Å². The van der Waals surface area contributed by atoms with Crippen molar-refractivity contribution in [1.82, 2.24) is 9.97 Å². The SMILES string of the molecule is COc1cccc2cc(-c3nc(Cl)ncc3Br)sc12. The predicted octanol–water partition coefficient (Wildman–Crippen LogP) is 4.78. The van der Waals surface area contributed by atoms with Gasteiger partial charge in [0.05, 0.1) is 26.9 Å². The number of methoxy groups -OCH3 is 1. The molecule has 0 aliphatic carbocycles. The van der Waals surface area contributed by atoms with E-state index < -0.39 is 0 Å². The van der Waals surface area contributed by atoms with Crippen molar-refractivity contribution in [2.75, 3.05) is 7.11 Å². The second-order valence-electron chi connectivity index (χ2n) is 3.82. The van der Waals surface area contributed by atoms with Crippen LogP contribution in [0, 0.1) is 0 Å². The molecule has 0 saturated carbocycles. The van der Waals surface area contributed by atoms with E-state index in [-0.39, 0.29) is 5.28 Å². The van der Waals surface area contributed by atoms with Crippen LogP contribution in [0.3, 0.4) is 0 Å². The molecule has 0 fully saturated rings. The molecule has 1 aromatic carbocycles. The third kappa shape index (κ3) is 2.33. The number of aromatic nitrogens is 2. The van der Waals surface area contributed by atoms with Crippen LogP contribution in [0.25, 0.3) is 20.7 Å². The molecule has 3 rings (SSSR count). The third-order valence-electron chi connectivity index (χ3n) is 2.68. The summed E-state index contributed by atoms with van der Waals surface area (Å²) >= 11 is 10.9. The molecule has 3 aromatic rings. The first kappa shape index (κ1) is 12.8. The molecule has 0 bridgehead atoms. The Bertz CT molecular complexity index is 759. The fourth-order valence-electron chi connectivity index (χ4n) is 1.83. The first-order valence-corrected chi connectivity index (χ1v) is 7.43. The second kappa shape index (κ2) is 5.07. The van der Waals surface area contributed by atoms with E-state index in [9.17, 15) is 0 Å². The highest BCUT2D eigenvalue weighted by Crippen LogP contribution is 2.39. The lowest BCUT2D eigenvalue weighted by Gasteiger charge is -2.00. The zero-order chi connectivity index (χ0) is 13.4. The molecule has 0 spiro atoms. The molecule has 0 aliphatic heterocycles. The van der Waals surface area contributed by atoms with Gasteiger partial charge in [-0.05, 0) is 45.0 Å². The van der Waals surface area contributed by atoms with E-state index in [0.29, 0.717) is 0 Å². The third-order valence-corrected chi connectivity index (χ3v) is 4.61. The Morgan fingerprint density at radius 3 is 3.00 bits per heavy atom. The summed E-state index contributed by atoms with van der Waals surface area (Å²) in [7, 11) is 1.67. The van der Waals surface area contributed by atoms with E-state index in [4.69, 9.17) is 16.3 Å². The maximum absolute atomic E-state index is 5.86. The van der Waals surface area contributed by atoms with Crippen LogP contribution in [0.4, 0.5) is 0 Å². The normalized spacial score (nSPS) is 10.9. The highest BCUT2D eigenvalue weighted by Gasteiger charge is 2.12. The predicted molar refractivity (Wildman–Crippen MR) is 82.1 cm³/mol. The average Bonchev–Trinajstić information content (AvgIpc) is 2.85. The van der Waals surface area contributed by atoms with E-state index in [1.165, 1.54) is 0 Å². The minimum absolute atomic E-state index is 0.239. The van der Waals surface area contributed by atoms with Crippen LogP contribution >= 0.6 is 38.9 Å². The summed E-state index contributed by atoms with van der Waals surface area (Å²) in [6.45, 7) is 0. The van der Waals surface area contributed by atoms with Gasteiger partial charge in [-0.1, -0.05) is 12.1 Å². The van der Waals surface area contributed by atoms with Gasteiger partial charge in [-0.15, -0.1) is 11.3 Å². The number of ether oxygens (including phenoxy) is 1. The summed E-state index contributed by atoms with van der Waals surface area (Å²) in [5, 5.41) is 1.36. The number of rotatable bonds is 2. The standard InChI is InChI=1S/C13H8BrClN2OS/c1-18-9-4-2-3-7-5-10(19-12(7)9)11-8(14)6-16-13(15)17-11/h2-6H,1H3. The van der Waals surface area contributed by atoms with Crippen molar-refractivity contribution in [3.05, 3.63) is 40.2 Å². The molecule has 0 N–H and O–H groups in total. The molecule has 6 heteroatoms. The van der Waals surface area contributed by atoms with Gasteiger partial charge in [0.2, 0.25) is 5.28 Å². The fraction of sp³-hybridized carbons (Fsp3) is 0.0769. The molecule has 0 aliphatic rings. The molecule has 19 heavy (non-hydrogen) atoms. The van der Waals surface area contributed by atoms with Gasteiger partial charge in [0.1, 0.15) is 5.75 Å².